The highest BCUT2D eigenvalue weighted by molar-refractivity contribution is 5.21. The van der Waals surface area contributed by atoms with Gasteiger partial charge in [0.05, 0.1) is 0 Å². The third-order valence-corrected chi connectivity index (χ3v) is 3.06. The Bertz CT molecular complexity index is 308. The molecular weight excluding hydrogens is 216 g/mol. The Morgan fingerprint density at radius 3 is 1.61 bits per heavy atom. The van der Waals surface area contributed by atoms with E-state index >= 15 is 0 Å². The van der Waals surface area contributed by atoms with Gasteiger partial charge in [0.2, 0.25) is 0 Å². The van der Waals surface area contributed by atoms with Crippen LogP contribution in [0.15, 0.2) is 30.3 Å². The monoisotopic (exact) mass is 250 g/mol. The number of hydrogen-bond donors (Lipinski definition) is 0. The molecule has 1 rings (SSSR count). The summed E-state index contributed by atoms with van der Waals surface area (Å²) in [5.74, 6) is 0.633. The molecule has 106 valence electrons. The van der Waals surface area contributed by atoms with Gasteiger partial charge in [0.15, 0.2) is 0 Å². The Morgan fingerprint density at radius 2 is 1.28 bits per heavy atom. The van der Waals surface area contributed by atoms with Crippen molar-refractivity contribution in [3.8, 4) is 0 Å². The third kappa shape index (κ3) is 6.23. The maximum atomic E-state index is 2.34. The van der Waals surface area contributed by atoms with Crippen LogP contribution in [0.2, 0.25) is 0 Å². The van der Waals surface area contributed by atoms with Gasteiger partial charge in [-0.3, -0.25) is 0 Å². The van der Waals surface area contributed by atoms with Crippen molar-refractivity contribution in [3.63, 3.8) is 0 Å². The highest BCUT2D eigenvalue weighted by atomic mass is 14.3. The molecule has 18 heavy (non-hydrogen) atoms. The highest BCUT2D eigenvalue weighted by Crippen LogP contribution is 2.42. The van der Waals surface area contributed by atoms with Crippen LogP contribution in [-0.2, 0) is 0 Å². The second-order valence-corrected chi connectivity index (χ2v) is 7.09. The Kier molecular flexibility index (Phi) is 7.57. The van der Waals surface area contributed by atoms with Crippen LogP contribution in [0.4, 0.5) is 0 Å². The van der Waals surface area contributed by atoms with Crippen molar-refractivity contribution in [1.82, 2.24) is 0 Å². The molecule has 0 radical (unpaired) electrons. The molecule has 0 bridgehead atoms. The fraction of sp³-hybridized carbons (Fsp3) is 0.667. The molecule has 1 atom stereocenters. The zero-order chi connectivity index (χ0) is 12.4. The van der Waals surface area contributed by atoms with Crippen LogP contribution >= 0.6 is 0 Å². The van der Waals surface area contributed by atoms with Gasteiger partial charge in [-0.05, 0) is 28.7 Å². The van der Waals surface area contributed by atoms with E-state index in [-0.39, 0.29) is 14.9 Å². The lowest BCUT2D eigenvalue weighted by Crippen LogP contribution is -2.23. The minimum Gasteiger partial charge on any atom is -0.0776 e. The lowest BCUT2D eigenvalue weighted by molar-refractivity contribution is 0.229. The van der Waals surface area contributed by atoms with Crippen LogP contribution < -0.4 is 0 Å². The number of hydrogen-bond acceptors (Lipinski definition) is 0. The van der Waals surface area contributed by atoms with E-state index < -0.39 is 0 Å². The molecule has 0 aromatic heterocycles. The maximum Gasteiger partial charge on any atom is -0.0108 e. The molecule has 1 unspecified atom stereocenters. The Hall–Kier alpha value is -0.780. The summed E-state index contributed by atoms with van der Waals surface area (Å²) in [5.41, 5.74) is 2.19. The van der Waals surface area contributed by atoms with E-state index in [0.29, 0.717) is 16.7 Å². The first-order valence-corrected chi connectivity index (χ1v) is 6.25. The minimum absolute atomic E-state index is 0. The highest BCUT2D eigenvalue weighted by Gasteiger charge is 2.29. The lowest BCUT2D eigenvalue weighted by Gasteiger charge is -2.36. The Morgan fingerprint density at radius 1 is 0.833 bits per heavy atom. The first-order chi connectivity index (χ1) is 7.20. The van der Waals surface area contributed by atoms with Crippen molar-refractivity contribution in [1.29, 1.82) is 0 Å². The van der Waals surface area contributed by atoms with Crippen LogP contribution in [0.3, 0.4) is 0 Å². The molecular formula is C18H34. The summed E-state index contributed by atoms with van der Waals surface area (Å²) >= 11 is 0. The molecule has 0 nitrogen and oxygen atoms in total. The molecule has 0 amide bonds. The predicted octanol–water partition coefficient (Wildman–Crippen LogP) is 6.52. The van der Waals surface area contributed by atoms with Gasteiger partial charge in [-0.15, -0.1) is 0 Å². The van der Waals surface area contributed by atoms with E-state index in [1.807, 2.05) is 0 Å². The molecule has 0 heteroatoms. The normalized spacial score (nSPS) is 13.2. The van der Waals surface area contributed by atoms with Crippen molar-refractivity contribution >= 4 is 0 Å². The van der Waals surface area contributed by atoms with E-state index in [9.17, 15) is 0 Å². The van der Waals surface area contributed by atoms with Crippen LogP contribution in [0.25, 0.3) is 0 Å². The Balaban J connectivity index is 0. The van der Waals surface area contributed by atoms with Gasteiger partial charge in [0, 0.05) is 0 Å². The van der Waals surface area contributed by atoms with Gasteiger partial charge >= 0.3 is 0 Å². The first-order valence-electron chi connectivity index (χ1n) is 6.25. The fourth-order valence-electron chi connectivity index (χ4n) is 2.22. The van der Waals surface area contributed by atoms with E-state index in [2.05, 4.69) is 71.9 Å². The summed E-state index contributed by atoms with van der Waals surface area (Å²) in [7, 11) is 0. The topological polar surface area (TPSA) is 0 Å². The molecule has 0 aliphatic heterocycles. The van der Waals surface area contributed by atoms with Crippen molar-refractivity contribution in [2.45, 2.75) is 68.7 Å². The van der Waals surface area contributed by atoms with Crippen LogP contribution in [-0.4, -0.2) is 0 Å². The van der Waals surface area contributed by atoms with Gasteiger partial charge in [-0.25, -0.2) is 0 Å². The van der Waals surface area contributed by atoms with E-state index in [1.165, 1.54) is 12.0 Å². The molecule has 0 spiro atoms. The number of benzene rings is 1. The van der Waals surface area contributed by atoms with Gasteiger partial charge in [0.25, 0.3) is 0 Å². The second-order valence-electron chi connectivity index (χ2n) is 7.09. The Labute approximate surface area is 116 Å². The molecule has 0 saturated heterocycles. The average molecular weight is 250 g/mol. The van der Waals surface area contributed by atoms with Crippen LogP contribution in [0.1, 0.15) is 74.3 Å². The van der Waals surface area contributed by atoms with E-state index in [4.69, 9.17) is 0 Å². The van der Waals surface area contributed by atoms with Crippen molar-refractivity contribution in [2.75, 3.05) is 0 Å². The fourth-order valence-corrected chi connectivity index (χ4v) is 2.22. The minimum atomic E-state index is 0. The summed E-state index contributed by atoms with van der Waals surface area (Å²) in [6.45, 7) is 14.0. The first kappa shape index (κ1) is 19.6. The molecule has 0 fully saturated rings. The molecule has 0 N–H and O–H groups in total. The SMILES string of the molecule is C.C.CC(C)(C)CC(c1ccccc1)C(C)(C)C. The summed E-state index contributed by atoms with van der Waals surface area (Å²) < 4.78 is 0. The molecule has 0 heterocycles. The quantitative estimate of drug-likeness (QED) is 0.560. The second kappa shape index (κ2) is 6.97. The third-order valence-electron chi connectivity index (χ3n) is 3.06. The van der Waals surface area contributed by atoms with Crippen molar-refractivity contribution in [2.24, 2.45) is 10.8 Å². The molecule has 0 aliphatic carbocycles. The van der Waals surface area contributed by atoms with Gasteiger partial charge in [0.1, 0.15) is 0 Å². The smallest absolute Gasteiger partial charge is 0.0108 e. The standard InChI is InChI=1S/C16H26.2CH4/c1-15(2,3)12-14(16(4,5)6)13-10-8-7-9-11-13;;/h7-11,14H,12H2,1-6H3;2*1H4. The maximum absolute atomic E-state index is 2.34. The molecule has 1 aromatic rings. The summed E-state index contributed by atoms with van der Waals surface area (Å²) in [5, 5.41) is 0. The van der Waals surface area contributed by atoms with Gasteiger partial charge in [-0.1, -0.05) is 86.7 Å². The molecule has 0 saturated carbocycles. The average Bonchev–Trinajstić information content (AvgIpc) is 2.13. The molecule has 1 aromatic carbocycles. The predicted molar refractivity (Wildman–Crippen MR) is 86.2 cm³/mol. The zero-order valence-corrected chi connectivity index (χ0v) is 11.7. The zero-order valence-electron chi connectivity index (χ0n) is 11.7. The number of rotatable bonds is 2. The van der Waals surface area contributed by atoms with E-state index in [1.54, 1.807) is 0 Å². The summed E-state index contributed by atoms with van der Waals surface area (Å²) in [4.78, 5) is 0. The van der Waals surface area contributed by atoms with Gasteiger partial charge < -0.3 is 0 Å². The van der Waals surface area contributed by atoms with Crippen LogP contribution in [0.5, 0.6) is 0 Å². The lowest BCUT2D eigenvalue weighted by atomic mass is 9.69. The van der Waals surface area contributed by atoms with Crippen molar-refractivity contribution in [3.05, 3.63) is 35.9 Å². The van der Waals surface area contributed by atoms with Crippen LogP contribution in [0, 0.1) is 10.8 Å². The van der Waals surface area contributed by atoms with Crippen molar-refractivity contribution < 1.29 is 0 Å². The van der Waals surface area contributed by atoms with Gasteiger partial charge in [-0.2, -0.15) is 0 Å². The largest absolute Gasteiger partial charge is 0.0776 e. The summed E-state index contributed by atoms with van der Waals surface area (Å²) in [6.07, 6.45) is 1.24. The van der Waals surface area contributed by atoms with E-state index in [0.717, 1.165) is 0 Å². The summed E-state index contributed by atoms with van der Waals surface area (Å²) in [6, 6.07) is 10.9. The molecule has 0 aliphatic rings.